The number of hydrogen-bond donors (Lipinski definition) is 0. The maximum Gasteiger partial charge on any atom is 0.165 e. The predicted octanol–water partition coefficient (Wildman–Crippen LogP) is 3.10. The van der Waals surface area contributed by atoms with E-state index in [2.05, 4.69) is 0 Å². The SMILES string of the molecule is COc1cc(OCc2ccccc2)c(OC)cc1C=O. The summed E-state index contributed by atoms with van der Waals surface area (Å²) < 4.78 is 16.1. The Kier molecular flexibility index (Phi) is 4.60. The van der Waals surface area contributed by atoms with Crippen LogP contribution in [0.25, 0.3) is 0 Å². The summed E-state index contributed by atoms with van der Waals surface area (Å²) in [6, 6.07) is 13.1. The number of ether oxygens (including phenoxy) is 3. The van der Waals surface area contributed by atoms with Crippen molar-refractivity contribution in [1.82, 2.24) is 0 Å². The lowest BCUT2D eigenvalue weighted by Crippen LogP contribution is -2.00. The van der Waals surface area contributed by atoms with Crippen LogP contribution in [0.1, 0.15) is 15.9 Å². The van der Waals surface area contributed by atoms with E-state index in [1.54, 1.807) is 12.1 Å². The fourth-order valence-electron chi connectivity index (χ4n) is 1.83. The summed E-state index contributed by atoms with van der Waals surface area (Å²) >= 11 is 0. The van der Waals surface area contributed by atoms with E-state index in [0.717, 1.165) is 11.8 Å². The van der Waals surface area contributed by atoms with E-state index in [9.17, 15) is 4.79 Å². The fourth-order valence-corrected chi connectivity index (χ4v) is 1.83. The molecule has 0 N–H and O–H groups in total. The first-order valence-corrected chi connectivity index (χ1v) is 6.16. The van der Waals surface area contributed by atoms with Gasteiger partial charge in [-0.25, -0.2) is 0 Å². The number of methoxy groups -OCH3 is 2. The smallest absolute Gasteiger partial charge is 0.165 e. The molecule has 0 aliphatic heterocycles. The van der Waals surface area contributed by atoms with Gasteiger partial charge in [-0.05, 0) is 11.6 Å². The van der Waals surface area contributed by atoms with Crippen molar-refractivity contribution in [2.75, 3.05) is 14.2 Å². The first kappa shape index (κ1) is 13.9. The zero-order valence-electron chi connectivity index (χ0n) is 11.5. The Bertz CT molecular complexity index is 579. The lowest BCUT2D eigenvalue weighted by Gasteiger charge is -2.13. The molecule has 0 aliphatic carbocycles. The van der Waals surface area contributed by atoms with Crippen LogP contribution in [0.5, 0.6) is 17.2 Å². The molecule has 0 unspecified atom stereocenters. The summed E-state index contributed by atoms with van der Waals surface area (Å²) in [5.74, 6) is 1.51. The molecule has 0 saturated carbocycles. The highest BCUT2D eigenvalue weighted by Gasteiger charge is 2.12. The summed E-state index contributed by atoms with van der Waals surface area (Å²) in [7, 11) is 3.04. The number of benzene rings is 2. The molecule has 0 radical (unpaired) electrons. The van der Waals surface area contributed by atoms with Gasteiger partial charge in [-0.15, -0.1) is 0 Å². The highest BCUT2D eigenvalue weighted by molar-refractivity contribution is 5.81. The van der Waals surface area contributed by atoms with Crippen molar-refractivity contribution in [3.8, 4) is 17.2 Å². The Morgan fingerprint density at radius 2 is 1.65 bits per heavy atom. The number of carbonyl (C=O) groups excluding carboxylic acids is 1. The van der Waals surface area contributed by atoms with Gasteiger partial charge in [0.25, 0.3) is 0 Å². The minimum Gasteiger partial charge on any atom is -0.496 e. The van der Waals surface area contributed by atoms with E-state index in [4.69, 9.17) is 14.2 Å². The molecule has 0 bridgehead atoms. The number of rotatable bonds is 6. The van der Waals surface area contributed by atoms with E-state index in [1.807, 2.05) is 30.3 Å². The quantitative estimate of drug-likeness (QED) is 0.758. The van der Waals surface area contributed by atoms with Crippen LogP contribution in [-0.2, 0) is 6.61 Å². The molecule has 0 fully saturated rings. The van der Waals surface area contributed by atoms with Gasteiger partial charge in [-0.1, -0.05) is 30.3 Å². The monoisotopic (exact) mass is 272 g/mol. The van der Waals surface area contributed by atoms with Gasteiger partial charge in [0.1, 0.15) is 12.4 Å². The molecule has 0 saturated heterocycles. The lowest BCUT2D eigenvalue weighted by atomic mass is 10.2. The summed E-state index contributed by atoms with van der Waals surface area (Å²) in [4.78, 5) is 11.0. The Balaban J connectivity index is 2.24. The normalized spacial score (nSPS) is 9.90. The topological polar surface area (TPSA) is 44.8 Å². The molecule has 0 aromatic heterocycles. The van der Waals surface area contributed by atoms with Crippen molar-refractivity contribution >= 4 is 6.29 Å². The average molecular weight is 272 g/mol. The van der Waals surface area contributed by atoms with Gasteiger partial charge < -0.3 is 14.2 Å². The van der Waals surface area contributed by atoms with E-state index in [0.29, 0.717) is 29.4 Å². The molecule has 4 heteroatoms. The molecular weight excluding hydrogens is 256 g/mol. The minimum atomic E-state index is 0.417. The minimum absolute atomic E-state index is 0.417. The van der Waals surface area contributed by atoms with E-state index in [-0.39, 0.29) is 0 Å². The second kappa shape index (κ2) is 6.61. The van der Waals surface area contributed by atoms with Crippen molar-refractivity contribution in [1.29, 1.82) is 0 Å². The van der Waals surface area contributed by atoms with Crippen molar-refractivity contribution in [2.24, 2.45) is 0 Å². The van der Waals surface area contributed by atoms with Gasteiger partial charge in [-0.3, -0.25) is 4.79 Å². The van der Waals surface area contributed by atoms with Crippen LogP contribution in [0.3, 0.4) is 0 Å². The molecule has 0 aliphatic rings. The van der Waals surface area contributed by atoms with Crippen molar-refractivity contribution in [2.45, 2.75) is 6.61 Å². The van der Waals surface area contributed by atoms with Crippen LogP contribution in [0.15, 0.2) is 42.5 Å². The third-order valence-electron chi connectivity index (χ3n) is 2.88. The van der Waals surface area contributed by atoms with Crippen molar-refractivity contribution in [3.05, 3.63) is 53.6 Å². The third-order valence-corrected chi connectivity index (χ3v) is 2.88. The second-order valence-electron chi connectivity index (χ2n) is 4.14. The van der Waals surface area contributed by atoms with Crippen molar-refractivity contribution in [3.63, 3.8) is 0 Å². The first-order valence-electron chi connectivity index (χ1n) is 6.16. The Morgan fingerprint density at radius 1 is 0.950 bits per heavy atom. The number of aldehydes is 1. The highest BCUT2D eigenvalue weighted by atomic mass is 16.5. The van der Waals surface area contributed by atoms with Crippen LogP contribution in [0, 0.1) is 0 Å². The zero-order chi connectivity index (χ0) is 14.4. The summed E-state index contributed by atoms with van der Waals surface area (Å²) in [6.45, 7) is 0.417. The second-order valence-corrected chi connectivity index (χ2v) is 4.14. The molecule has 0 atom stereocenters. The third kappa shape index (κ3) is 3.09. The molecule has 104 valence electrons. The van der Waals surface area contributed by atoms with Gasteiger partial charge in [-0.2, -0.15) is 0 Å². The van der Waals surface area contributed by atoms with Crippen LogP contribution >= 0.6 is 0 Å². The maximum absolute atomic E-state index is 11.0. The lowest BCUT2D eigenvalue weighted by molar-refractivity contribution is 0.112. The van der Waals surface area contributed by atoms with Crippen molar-refractivity contribution < 1.29 is 19.0 Å². The predicted molar refractivity (Wildman–Crippen MR) is 75.7 cm³/mol. The molecular formula is C16H16O4. The largest absolute Gasteiger partial charge is 0.496 e. The van der Waals surface area contributed by atoms with Crippen LogP contribution in [0.4, 0.5) is 0 Å². The molecule has 2 rings (SSSR count). The zero-order valence-corrected chi connectivity index (χ0v) is 11.5. The van der Waals surface area contributed by atoms with Crippen LogP contribution in [0.2, 0.25) is 0 Å². The average Bonchev–Trinajstić information content (AvgIpc) is 2.52. The Hall–Kier alpha value is -2.49. The Morgan fingerprint density at radius 3 is 2.25 bits per heavy atom. The molecule has 20 heavy (non-hydrogen) atoms. The first-order chi connectivity index (χ1) is 9.78. The maximum atomic E-state index is 11.0. The molecule has 4 nitrogen and oxygen atoms in total. The molecule has 2 aromatic carbocycles. The number of carbonyl (C=O) groups is 1. The number of hydrogen-bond acceptors (Lipinski definition) is 4. The van der Waals surface area contributed by atoms with Crippen LogP contribution < -0.4 is 14.2 Å². The van der Waals surface area contributed by atoms with Gasteiger partial charge in [0.2, 0.25) is 0 Å². The Labute approximate surface area is 117 Å². The molecule has 0 amide bonds. The highest BCUT2D eigenvalue weighted by Crippen LogP contribution is 2.34. The van der Waals surface area contributed by atoms with Gasteiger partial charge in [0, 0.05) is 6.07 Å². The summed E-state index contributed by atoms with van der Waals surface area (Å²) in [6.07, 6.45) is 0.725. The standard InChI is InChI=1S/C16H16O4/c1-18-14-9-16(15(19-2)8-13(14)10-17)20-11-12-6-4-3-5-7-12/h3-10H,11H2,1-2H3. The van der Waals surface area contributed by atoms with E-state index < -0.39 is 0 Å². The molecule has 0 heterocycles. The van der Waals surface area contributed by atoms with Crippen LogP contribution in [-0.4, -0.2) is 20.5 Å². The van der Waals surface area contributed by atoms with Gasteiger partial charge >= 0.3 is 0 Å². The van der Waals surface area contributed by atoms with Gasteiger partial charge in [0.05, 0.1) is 19.8 Å². The van der Waals surface area contributed by atoms with E-state index >= 15 is 0 Å². The summed E-state index contributed by atoms with van der Waals surface area (Å²) in [5.41, 5.74) is 1.48. The molecule has 0 spiro atoms. The van der Waals surface area contributed by atoms with Gasteiger partial charge in [0.15, 0.2) is 17.8 Å². The molecule has 2 aromatic rings. The van der Waals surface area contributed by atoms with E-state index in [1.165, 1.54) is 14.2 Å². The fraction of sp³-hybridized carbons (Fsp3) is 0.188. The summed E-state index contributed by atoms with van der Waals surface area (Å²) in [5, 5.41) is 0.